The van der Waals surface area contributed by atoms with Crippen molar-refractivity contribution in [1.29, 1.82) is 0 Å². The van der Waals surface area contributed by atoms with E-state index in [2.05, 4.69) is 4.99 Å². The average Bonchev–Trinajstić information content (AvgIpc) is 2.96. The molecular weight excluding hydrogens is 442 g/mol. The predicted octanol–water partition coefficient (Wildman–Crippen LogP) is 3.81. The fraction of sp³-hybridized carbons (Fsp3) is 0.579. The van der Waals surface area contributed by atoms with E-state index in [0.29, 0.717) is 0 Å². The molecular formula is C19H21F4N3O6. The highest BCUT2D eigenvalue weighted by Gasteiger charge is 2.64. The SMILES string of the molecule is C[C@H]1OC[C@]2(c3cc([N+](=O)[O-])ccc3F)N=C(NC(=O)OC(C)(C)C)O[C@H](C(F)(F)F)[C@H]12. The second kappa shape index (κ2) is 7.87. The number of hydrogen-bond acceptors (Lipinski definition) is 7. The first kappa shape index (κ1) is 23.7. The van der Waals surface area contributed by atoms with Crippen LogP contribution in [0.1, 0.15) is 33.3 Å². The number of rotatable bonds is 2. The Morgan fingerprint density at radius 3 is 2.56 bits per heavy atom. The lowest BCUT2D eigenvalue weighted by Gasteiger charge is -2.41. The van der Waals surface area contributed by atoms with E-state index in [0.717, 1.165) is 18.2 Å². The van der Waals surface area contributed by atoms with Gasteiger partial charge < -0.3 is 14.2 Å². The van der Waals surface area contributed by atoms with Crippen LogP contribution >= 0.6 is 0 Å². The van der Waals surface area contributed by atoms with E-state index in [4.69, 9.17) is 14.2 Å². The maximum absolute atomic E-state index is 14.8. The number of amides is 1. The molecule has 13 heteroatoms. The van der Waals surface area contributed by atoms with Gasteiger partial charge in [0.2, 0.25) is 6.10 Å². The van der Waals surface area contributed by atoms with Gasteiger partial charge in [0.25, 0.3) is 11.7 Å². The highest BCUT2D eigenvalue weighted by Crippen LogP contribution is 2.52. The number of alkyl halides is 3. The molecule has 0 bridgehead atoms. The molecule has 0 radical (unpaired) electrons. The Hall–Kier alpha value is -2.96. The number of non-ortho nitro benzene ring substituents is 1. The third kappa shape index (κ3) is 4.47. The van der Waals surface area contributed by atoms with Crippen LogP contribution < -0.4 is 5.32 Å². The molecule has 1 fully saturated rings. The summed E-state index contributed by atoms with van der Waals surface area (Å²) in [6.07, 6.45) is -9.73. The second-order valence-corrected chi connectivity index (χ2v) is 8.51. The van der Waals surface area contributed by atoms with Crippen molar-refractivity contribution in [1.82, 2.24) is 5.32 Å². The minimum Gasteiger partial charge on any atom is -0.451 e. The molecule has 2 aliphatic rings. The summed E-state index contributed by atoms with van der Waals surface area (Å²) in [5.41, 5.74) is -4.03. The molecule has 0 aromatic heterocycles. The van der Waals surface area contributed by atoms with Gasteiger partial charge in [-0.15, -0.1) is 0 Å². The lowest BCUT2D eigenvalue weighted by atomic mass is 9.74. The topological polar surface area (TPSA) is 112 Å². The van der Waals surface area contributed by atoms with Crippen LogP contribution in [-0.4, -0.2) is 47.6 Å². The fourth-order valence-corrected chi connectivity index (χ4v) is 3.85. The summed E-state index contributed by atoms with van der Waals surface area (Å²) >= 11 is 0. The number of hydrogen-bond donors (Lipinski definition) is 1. The number of benzene rings is 1. The highest BCUT2D eigenvalue weighted by atomic mass is 19.4. The van der Waals surface area contributed by atoms with Gasteiger partial charge in [-0.25, -0.2) is 19.5 Å². The maximum atomic E-state index is 14.8. The molecule has 176 valence electrons. The fourth-order valence-electron chi connectivity index (χ4n) is 3.85. The molecule has 1 amide bonds. The number of halogens is 4. The second-order valence-electron chi connectivity index (χ2n) is 8.51. The Kier molecular flexibility index (Phi) is 5.83. The van der Waals surface area contributed by atoms with Crippen LogP contribution in [0.2, 0.25) is 0 Å². The van der Waals surface area contributed by atoms with Gasteiger partial charge >= 0.3 is 12.3 Å². The third-order valence-corrected chi connectivity index (χ3v) is 5.05. The van der Waals surface area contributed by atoms with Crippen molar-refractivity contribution in [2.75, 3.05) is 6.61 Å². The molecule has 1 aromatic rings. The van der Waals surface area contributed by atoms with Crippen molar-refractivity contribution in [3.8, 4) is 0 Å². The molecule has 2 aliphatic heterocycles. The van der Waals surface area contributed by atoms with Crippen molar-refractivity contribution < 1.29 is 41.5 Å². The number of ether oxygens (including phenoxy) is 3. The van der Waals surface area contributed by atoms with Crippen molar-refractivity contribution >= 4 is 17.8 Å². The molecule has 2 heterocycles. The summed E-state index contributed by atoms with van der Waals surface area (Å²) in [6, 6.07) is 1.61. The lowest BCUT2D eigenvalue weighted by Crippen LogP contribution is -2.57. The summed E-state index contributed by atoms with van der Waals surface area (Å²) in [5.74, 6) is -2.59. The van der Waals surface area contributed by atoms with Crippen LogP contribution in [-0.2, 0) is 19.7 Å². The molecule has 0 saturated carbocycles. The van der Waals surface area contributed by atoms with Crippen molar-refractivity contribution in [2.45, 2.75) is 57.2 Å². The average molecular weight is 463 g/mol. The van der Waals surface area contributed by atoms with Gasteiger partial charge in [-0.1, -0.05) is 0 Å². The van der Waals surface area contributed by atoms with Crippen LogP contribution in [0.15, 0.2) is 23.2 Å². The van der Waals surface area contributed by atoms with E-state index in [1.165, 1.54) is 27.7 Å². The number of nitro benzene ring substituents is 1. The number of carbonyl (C=O) groups excluding carboxylic acids is 1. The van der Waals surface area contributed by atoms with E-state index in [1.807, 2.05) is 5.32 Å². The van der Waals surface area contributed by atoms with Crippen LogP contribution in [0.25, 0.3) is 0 Å². The summed E-state index contributed by atoms with van der Waals surface area (Å²) < 4.78 is 72.1. The molecule has 4 atom stereocenters. The smallest absolute Gasteiger partial charge is 0.426 e. The third-order valence-electron chi connectivity index (χ3n) is 5.05. The standard InChI is InChI=1S/C19H21F4N3O6/c1-9-13-14(19(21,22)23)31-15(24-16(27)32-17(2,3)4)25-18(13,8-30-9)11-7-10(26(28)29)5-6-12(11)20/h5-7,9,13-14H,8H2,1-4H3,(H,24,25,27)/t9-,13+,14+,18-/m1/s1. The Balaban J connectivity index is 2.16. The van der Waals surface area contributed by atoms with Crippen LogP contribution in [0, 0.1) is 21.8 Å². The maximum Gasteiger partial charge on any atom is 0.426 e. The minimum absolute atomic E-state index is 0.470. The molecule has 0 unspecified atom stereocenters. The Morgan fingerprint density at radius 2 is 2.00 bits per heavy atom. The number of alkyl carbamates (subject to hydrolysis) is 1. The summed E-state index contributed by atoms with van der Waals surface area (Å²) in [4.78, 5) is 26.6. The summed E-state index contributed by atoms with van der Waals surface area (Å²) in [5, 5.41) is 13.2. The molecule has 9 nitrogen and oxygen atoms in total. The minimum atomic E-state index is -4.95. The van der Waals surface area contributed by atoms with Crippen LogP contribution in [0.4, 0.5) is 28.0 Å². The van der Waals surface area contributed by atoms with Gasteiger partial charge in [0.1, 0.15) is 17.0 Å². The largest absolute Gasteiger partial charge is 0.451 e. The molecule has 1 saturated heterocycles. The van der Waals surface area contributed by atoms with Gasteiger partial charge in [0.05, 0.1) is 23.6 Å². The zero-order valence-electron chi connectivity index (χ0n) is 17.5. The van der Waals surface area contributed by atoms with Crippen LogP contribution in [0.3, 0.4) is 0 Å². The number of amidine groups is 1. The molecule has 32 heavy (non-hydrogen) atoms. The monoisotopic (exact) mass is 463 g/mol. The Labute approximate surface area is 179 Å². The summed E-state index contributed by atoms with van der Waals surface area (Å²) in [6.45, 7) is 5.43. The van der Waals surface area contributed by atoms with Gasteiger partial charge in [-0.2, -0.15) is 13.2 Å². The Morgan fingerprint density at radius 1 is 1.34 bits per heavy atom. The highest BCUT2D eigenvalue weighted by molar-refractivity contribution is 5.91. The molecule has 3 rings (SSSR count). The quantitative estimate of drug-likeness (QED) is 0.406. The number of aliphatic imine (C=N–C) groups is 1. The van der Waals surface area contributed by atoms with Gasteiger partial charge in [-0.05, 0) is 33.8 Å². The van der Waals surface area contributed by atoms with E-state index in [1.54, 1.807) is 0 Å². The molecule has 1 aromatic carbocycles. The first-order valence-corrected chi connectivity index (χ1v) is 9.53. The molecule has 1 N–H and O–H groups in total. The zero-order valence-corrected chi connectivity index (χ0v) is 17.5. The first-order valence-electron chi connectivity index (χ1n) is 9.53. The Bertz CT molecular complexity index is 961. The predicted molar refractivity (Wildman–Crippen MR) is 101 cm³/mol. The van der Waals surface area contributed by atoms with E-state index < -0.39 is 76.2 Å². The van der Waals surface area contributed by atoms with Crippen molar-refractivity contribution in [3.63, 3.8) is 0 Å². The number of fused-ring (bicyclic) bond motifs is 1. The number of nitrogens with one attached hydrogen (secondary N) is 1. The molecule has 0 spiro atoms. The van der Waals surface area contributed by atoms with E-state index in [9.17, 15) is 32.5 Å². The lowest BCUT2D eigenvalue weighted by molar-refractivity contribution is -0.385. The van der Waals surface area contributed by atoms with Crippen molar-refractivity contribution in [2.24, 2.45) is 10.9 Å². The molecule has 0 aliphatic carbocycles. The number of nitrogens with zero attached hydrogens (tertiary/aromatic N) is 2. The van der Waals surface area contributed by atoms with Crippen LogP contribution in [0.5, 0.6) is 0 Å². The zero-order chi connectivity index (χ0) is 24.1. The normalized spacial score (nSPS) is 27.8. The number of nitro groups is 1. The first-order chi connectivity index (χ1) is 14.6. The van der Waals surface area contributed by atoms with Gasteiger partial charge in [0.15, 0.2) is 0 Å². The summed E-state index contributed by atoms with van der Waals surface area (Å²) in [7, 11) is 0. The van der Waals surface area contributed by atoms with E-state index in [-0.39, 0.29) is 0 Å². The number of carbonyl (C=O) groups is 1. The van der Waals surface area contributed by atoms with Gasteiger partial charge in [0, 0.05) is 17.7 Å². The van der Waals surface area contributed by atoms with E-state index >= 15 is 0 Å². The van der Waals surface area contributed by atoms with Crippen molar-refractivity contribution in [3.05, 3.63) is 39.7 Å². The van der Waals surface area contributed by atoms with Gasteiger partial charge in [-0.3, -0.25) is 10.1 Å².